The van der Waals surface area contributed by atoms with Crippen molar-refractivity contribution in [1.29, 1.82) is 0 Å². The van der Waals surface area contributed by atoms with Crippen LogP contribution < -0.4 is 11.1 Å². The smallest absolute Gasteiger partial charge is 0.230 e. The van der Waals surface area contributed by atoms with E-state index in [-0.39, 0.29) is 17.8 Å². The van der Waals surface area contributed by atoms with Crippen molar-refractivity contribution in [3.05, 3.63) is 35.6 Å². The van der Waals surface area contributed by atoms with Gasteiger partial charge >= 0.3 is 0 Å². The van der Waals surface area contributed by atoms with Gasteiger partial charge in [-0.3, -0.25) is 4.79 Å². The maximum absolute atomic E-state index is 13.7. The molecule has 1 aromatic rings. The summed E-state index contributed by atoms with van der Waals surface area (Å²) in [6.45, 7) is 0.482. The number of hydrogen-bond acceptors (Lipinski definition) is 2. The highest BCUT2D eigenvalue weighted by Crippen LogP contribution is 2.41. The lowest BCUT2D eigenvalue weighted by molar-refractivity contribution is -0.128. The predicted octanol–water partition coefficient (Wildman–Crippen LogP) is 2.88. The van der Waals surface area contributed by atoms with Gasteiger partial charge in [-0.2, -0.15) is 0 Å². The number of carbonyl (C=O) groups is 1. The molecule has 2 saturated carbocycles. The second kappa shape index (κ2) is 6.37. The van der Waals surface area contributed by atoms with Crippen molar-refractivity contribution in [2.24, 2.45) is 11.7 Å². The Balaban J connectivity index is 1.86. The Bertz CT molecular complexity index is 536. The van der Waals surface area contributed by atoms with Crippen LogP contribution in [0.5, 0.6) is 0 Å². The van der Waals surface area contributed by atoms with Crippen LogP contribution in [0, 0.1) is 11.7 Å². The molecule has 120 valence electrons. The van der Waals surface area contributed by atoms with Gasteiger partial charge in [0.2, 0.25) is 5.91 Å². The van der Waals surface area contributed by atoms with E-state index < -0.39 is 5.41 Å². The molecule has 0 spiro atoms. The highest BCUT2D eigenvalue weighted by atomic mass is 19.1. The molecule has 1 atom stereocenters. The molecule has 0 heterocycles. The number of hydrogen-bond donors (Lipinski definition) is 2. The van der Waals surface area contributed by atoms with E-state index in [1.807, 2.05) is 6.07 Å². The fourth-order valence-electron chi connectivity index (χ4n) is 3.76. The van der Waals surface area contributed by atoms with Gasteiger partial charge < -0.3 is 11.1 Å². The van der Waals surface area contributed by atoms with E-state index >= 15 is 0 Å². The average Bonchev–Trinajstić information content (AvgIpc) is 3.38. The Morgan fingerprint density at radius 1 is 1.32 bits per heavy atom. The molecular formula is C18H25FN2O. The molecule has 0 radical (unpaired) electrons. The molecule has 1 amide bonds. The van der Waals surface area contributed by atoms with Crippen LogP contribution >= 0.6 is 0 Å². The van der Waals surface area contributed by atoms with Crippen molar-refractivity contribution in [3.63, 3.8) is 0 Å². The molecular weight excluding hydrogens is 279 g/mol. The lowest BCUT2D eigenvalue weighted by Crippen LogP contribution is -2.52. The van der Waals surface area contributed by atoms with Gasteiger partial charge in [0.1, 0.15) is 5.82 Å². The minimum Gasteiger partial charge on any atom is -0.351 e. The number of halogens is 1. The Morgan fingerprint density at radius 3 is 2.64 bits per heavy atom. The monoisotopic (exact) mass is 304 g/mol. The molecule has 0 aromatic heterocycles. The Kier molecular flexibility index (Phi) is 4.48. The average molecular weight is 304 g/mol. The molecule has 3 N–H and O–H groups in total. The summed E-state index contributed by atoms with van der Waals surface area (Å²) in [6.07, 6.45) is 7.06. The van der Waals surface area contributed by atoms with Crippen LogP contribution in [0.1, 0.15) is 50.5 Å². The van der Waals surface area contributed by atoms with Gasteiger partial charge in [-0.1, -0.05) is 31.4 Å². The van der Waals surface area contributed by atoms with Crippen molar-refractivity contribution >= 4 is 5.91 Å². The molecule has 2 fully saturated rings. The zero-order chi connectivity index (χ0) is 15.6. The quantitative estimate of drug-likeness (QED) is 0.879. The van der Waals surface area contributed by atoms with Gasteiger partial charge in [0.15, 0.2) is 0 Å². The van der Waals surface area contributed by atoms with E-state index in [0.717, 1.165) is 50.5 Å². The third kappa shape index (κ3) is 3.02. The largest absolute Gasteiger partial charge is 0.351 e. The van der Waals surface area contributed by atoms with Crippen molar-refractivity contribution in [1.82, 2.24) is 5.32 Å². The molecule has 22 heavy (non-hydrogen) atoms. The zero-order valence-corrected chi connectivity index (χ0v) is 13.0. The minimum absolute atomic E-state index is 0.0418. The first-order valence-corrected chi connectivity index (χ1v) is 8.43. The third-order valence-corrected chi connectivity index (χ3v) is 5.28. The summed E-state index contributed by atoms with van der Waals surface area (Å²) in [5.41, 5.74) is 6.06. The maximum atomic E-state index is 13.7. The summed E-state index contributed by atoms with van der Waals surface area (Å²) in [5, 5.41) is 3.17. The Hall–Kier alpha value is -1.42. The van der Waals surface area contributed by atoms with Crippen molar-refractivity contribution in [2.75, 3.05) is 6.54 Å². The minimum atomic E-state index is -0.581. The first-order chi connectivity index (χ1) is 10.7. The van der Waals surface area contributed by atoms with Crippen molar-refractivity contribution in [3.8, 4) is 0 Å². The van der Waals surface area contributed by atoms with Crippen LogP contribution in [-0.4, -0.2) is 18.5 Å². The van der Waals surface area contributed by atoms with Crippen LogP contribution in [0.2, 0.25) is 0 Å². The summed E-state index contributed by atoms with van der Waals surface area (Å²) in [7, 11) is 0. The SMILES string of the molecule is NCC(NC(=O)C1(c2cccc(F)c2)CCCCC1)C1CC1. The zero-order valence-electron chi connectivity index (χ0n) is 13.0. The van der Waals surface area contributed by atoms with Gasteiger partial charge in [-0.15, -0.1) is 0 Å². The first kappa shape index (κ1) is 15.5. The predicted molar refractivity (Wildman–Crippen MR) is 84.9 cm³/mol. The fraction of sp³-hybridized carbons (Fsp3) is 0.611. The van der Waals surface area contributed by atoms with Crippen molar-refractivity contribution in [2.45, 2.75) is 56.4 Å². The van der Waals surface area contributed by atoms with E-state index in [2.05, 4.69) is 5.32 Å². The van der Waals surface area contributed by atoms with Crippen LogP contribution in [-0.2, 0) is 10.2 Å². The third-order valence-electron chi connectivity index (χ3n) is 5.28. The van der Waals surface area contributed by atoms with Crippen LogP contribution in [0.15, 0.2) is 24.3 Å². The Morgan fingerprint density at radius 2 is 2.05 bits per heavy atom. The van der Waals surface area contributed by atoms with E-state index in [4.69, 9.17) is 5.73 Å². The summed E-state index contributed by atoms with van der Waals surface area (Å²) in [4.78, 5) is 13.0. The van der Waals surface area contributed by atoms with E-state index in [9.17, 15) is 9.18 Å². The molecule has 0 bridgehead atoms. The number of carbonyl (C=O) groups excluding carboxylic acids is 1. The molecule has 2 aliphatic rings. The van der Waals surface area contributed by atoms with E-state index in [0.29, 0.717) is 12.5 Å². The number of nitrogens with two attached hydrogens (primary N) is 1. The second-order valence-corrected chi connectivity index (χ2v) is 6.81. The van der Waals surface area contributed by atoms with Crippen molar-refractivity contribution < 1.29 is 9.18 Å². The molecule has 1 aromatic carbocycles. The van der Waals surface area contributed by atoms with Crippen LogP contribution in [0.25, 0.3) is 0 Å². The van der Waals surface area contributed by atoms with Gasteiger partial charge in [-0.05, 0) is 49.3 Å². The summed E-state index contributed by atoms with van der Waals surface area (Å²) >= 11 is 0. The summed E-state index contributed by atoms with van der Waals surface area (Å²) in [5.74, 6) is 0.301. The van der Waals surface area contributed by atoms with Crippen LogP contribution in [0.3, 0.4) is 0 Å². The van der Waals surface area contributed by atoms with Gasteiger partial charge in [0, 0.05) is 12.6 Å². The van der Waals surface area contributed by atoms with Gasteiger partial charge in [-0.25, -0.2) is 4.39 Å². The number of amides is 1. The molecule has 3 rings (SSSR count). The maximum Gasteiger partial charge on any atom is 0.230 e. The highest BCUT2D eigenvalue weighted by molar-refractivity contribution is 5.88. The lowest BCUT2D eigenvalue weighted by Gasteiger charge is -2.37. The van der Waals surface area contributed by atoms with E-state index in [1.165, 1.54) is 12.1 Å². The fourth-order valence-corrected chi connectivity index (χ4v) is 3.76. The number of rotatable bonds is 5. The summed E-state index contributed by atoms with van der Waals surface area (Å²) < 4.78 is 13.7. The van der Waals surface area contributed by atoms with Gasteiger partial charge in [0.05, 0.1) is 5.41 Å². The molecule has 3 nitrogen and oxygen atoms in total. The standard InChI is InChI=1S/C18H25FN2O/c19-15-6-4-5-14(11-15)18(9-2-1-3-10-18)17(22)21-16(12-20)13-7-8-13/h4-6,11,13,16H,1-3,7-10,12,20H2,(H,21,22). The lowest BCUT2D eigenvalue weighted by atomic mass is 9.68. The highest BCUT2D eigenvalue weighted by Gasteiger charge is 2.43. The summed E-state index contributed by atoms with van der Waals surface area (Å²) in [6, 6.07) is 6.63. The second-order valence-electron chi connectivity index (χ2n) is 6.81. The van der Waals surface area contributed by atoms with E-state index in [1.54, 1.807) is 6.07 Å². The number of nitrogens with one attached hydrogen (secondary N) is 1. The Labute approximate surface area is 131 Å². The van der Waals surface area contributed by atoms with Gasteiger partial charge in [0.25, 0.3) is 0 Å². The topological polar surface area (TPSA) is 55.1 Å². The normalized spacial score (nSPS) is 22.1. The van der Waals surface area contributed by atoms with Crippen LogP contribution in [0.4, 0.5) is 4.39 Å². The molecule has 4 heteroatoms. The number of benzene rings is 1. The first-order valence-electron chi connectivity index (χ1n) is 8.43. The molecule has 0 saturated heterocycles. The molecule has 2 aliphatic carbocycles. The molecule has 0 aliphatic heterocycles. The molecule has 1 unspecified atom stereocenters.